The number of carbonyl (C=O) groups is 2. The molecule has 3 aromatic rings. The number of pyridine rings is 1. The molecule has 3 fully saturated rings. The third-order valence-corrected chi connectivity index (χ3v) is 7.14. The SMILES string of the molecule is O=C1CCC(n2c3ccc(C4CCC5(CC4)OCCO5)cc3c3ncccc32)C(=O)N1. The summed E-state index contributed by atoms with van der Waals surface area (Å²) in [6, 6.07) is 10.0. The van der Waals surface area contributed by atoms with Gasteiger partial charge >= 0.3 is 0 Å². The van der Waals surface area contributed by atoms with Gasteiger partial charge in [0, 0.05) is 30.8 Å². The van der Waals surface area contributed by atoms with Crippen LogP contribution < -0.4 is 5.32 Å². The van der Waals surface area contributed by atoms with Crippen molar-refractivity contribution < 1.29 is 19.1 Å². The quantitative estimate of drug-likeness (QED) is 0.642. The molecule has 2 amide bonds. The van der Waals surface area contributed by atoms with Gasteiger partial charge < -0.3 is 14.0 Å². The van der Waals surface area contributed by atoms with Crippen molar-refractivity contribution in [2.24, 2.45) is 0 Å². The summed E-state index contributed by atoms with van der Waals surface area (Å²) in [5.74, 6) is -0.338. The summed E-state index contributed by atoms with van der Waals surface area (Å²) in [5.41, 5.74) is 4.12. The van der Waals surface area contributed by atoms with E-state index in [2.05, 4.69) is 33.1 Å². The lowest BCUT2D eigenvalue weighted by molar-refractivity contribution is -0.178. The molecule has 1 spiro atoms. The second-order valence-electron chi connectivity index (χ2n) is 8.87. The average Bonchev–Trinajstić information content (AvgIpc) is 3.37. The van der Waals surface area contributed by atoms with E-state index in [-0.39, 0.29) is 17.6 Å². The van der Waals surface area contributed by atoms with E-state index in [0.717, 1.165) is 47.6 Å². The molecule has 2 saturated heterocycles. The van der Waals surface area contributed by atoms with Gasteiger partial charge in [-0.3, -0.25) is 19.9 Å². The Hall–Kier alpha value is -2.77. The average molecular weight is 419 g/mol. The van der Waals surface area contributed by atoms with Crippen molar-refractivity contribution in [2.45, 2.75) is 56.3 Å². The van der Waals surface area contributed by atoms with Gasteiger partial charge in [-0.25, -0.2) is 0 Å². The number of imide groups is 1. The first kappa shape index (κ1) is 19.0. The molecule has 2 aromatic heterocycles. The maximum absolute atomic E-state index is 12.6. The molecule has 0 radical (unpaired) electrons. The molecule has 1 unspecified atom stereocenters. The highest BCUT2D eigenvalue weighted by Gasteiger charge is 2.40. The summed E-state index contributed by atoms with van der Waals surface area (Å²) in [7, 11) is 0. The maximum Gasteiger partial charge on any atom is 0.249 e. The van der Waals surface area contributed by atoms with Gasteiger partial charge in [-0.2, -0.15) is 0 Å². The fourth-order valence-electron chi connectivity index (χ4n) is 5.58. The van der Waals surface area contributed by atoms with Crippen LogP contribution in [0.1, 0.15) is 56.0 Å². The third kappa shape index (κ3) is 3.06. The van der Waals surface area contributed by atoms with Gasteiger partial charge in [0.25, 0.3) is 0 Å². The Labute approximate surface area is 179 Å². The molecule has 0 bridgehead atoms. The van der Waals surface area contributed by atoms with Gasteiger partial charge in [-0.1, -0.05) is 6.07 Å². The molecule has 160 valence electrons. The zero-order valence-corrected chi connectivity index (χ0v) is 17.3. The normalized spacial score (nSPS) is 24.3. The van der Waals surface area contributed by atoms with Crippen molar-refractivity contribution >= 4 is 33.8 Å². The van der Waals surface area contributed by atoms with Gasteiger partial charge in [0.1, 0.15) is 6.04 Å². The number of hydrogen-bond acceptors (Lipinski definition) is 5. The largest absolute Gasteiger partial charge is 0.348 e. The van der Waals surface area contributed by atoms with Crippen molar-refractivity contribution in [3.05, 3.63) is 42.1 Å². The van der Waals surface area contributed by atoms with Crippen LogP contribution in [0, 0.1) is 0 Å². The maximum atomic E-state index is 12.6. The topological polar surface area (TPSA) is 82.5 Å². The first-order valence-electron chi connectivity index (χ1n) is 11.1. The zero-order chi connectivity index (χ0) is 21.0. The molecular formula is C24H25N3O4. The highest BCUT2D eigenvalue weighted by atomic mass is 16.7. The van der Waals surface area contributed by atoms with Crippen molar-refractivity contribution in [2.75, 3.05) is 13.2 Å². The number of fused-ring (bicyclic) bond motifs is 3. The minimum Gasteiger partial charge on any atom is -0.348 e. The van der Waals surface area contributed by atoms with E-state index in [1.54, 1.807) is 6.20 Å². The first-order valence-corrected chi connectivity index (χ1v) is 11.1. The number of aromatic nitrogens is 2. The van der Waals surface area contributed by atoms with E-state index in [9.17, 15) is 9.59 Å². The van der Waals surface area contributed by atoms with Crippen LogP contribution in [0.5, 0.6) is 0 Å². The summed E-state index contributed by atoms with van der Waals surface area (Å²) in [6.07, 6.45) is 6.56. The lowest BCUT2D eigenvalue weighted by atomic mass is 9.81. The fraction of sp³-hybridized carbons (Fsp3) is 0.458. The van der Waals surface area contributed by atoms with Crippen molar-refractivity contribution in [3.63, 3.8) is 0 Å². The van der Waals surface area contributed by atoms with Crippen LogP contribution >= 0.6 is 0 Å². The lowest BCUT2D eigenvalue weighted by Gasteiger charge is -2.35. The zero-order valence-electron chi connectivity index (χ0n) is 17.3. The monoisotopic (exact) mass is 419 g/mol. The molecule has 1 aromatic carbocycles. The summed E-state index contributed by atoms with van der Waals surface area (Å²) >= 11 is 0. The van der Waals surface area contributed by atoms with Crippen LogP contribution in [-0.4, -0.2) is 40.4 Å². The Morgan fingerprint density at radius 2 is 1.84 bits per heavy atom. The van der Waals surface area contributed by atoms with Crippen LogP contribution in [0.25, 0.3) is 21.9 Å². The van der Waals surface area contributed by atoms with Crippen LogP contribution in [0.4, 0.5) is 0 Å². The Kier molecular flexibility index (Phi) is 4.36. The predicted molar refractivity (Wildman–Crippen MR) is 115 cm³/mol. The first-order chi connectivity index (χ1) is 15.1. The number of benzene rings is 1. The third-order valence-electron chi connectivity index (χ3n) is 7.14. The highest BCUT2D eigenvalue weighted by Crippen LogP contribution is 2.43. The van der Waals surface area contributed by atoms with Gasteiger partial charge in [0.15, 0.2) is 5.79 Å². The Morgan fingerprint density at radius 3 is 2.61 bits per heavy atom. The summed E-state index contributed by atoms with van der Waals surface area (Å²) in [5, 5.41) is 3.55. The number of rotatable bonds is 2. The van der Waals surface area contributed by atoms with Gasteiger partial charge in [0.2, 0.25) is 11.8 Å². The van der Waals surface area contributed by atoms with Crippen molar-refractivity contribution in [3.8, 4) is 0 Å². The molecular weight excluding hydrogens is 394 g/mol. The van der Waals surface area contributed by atoms with Crippen LogP contribution in [0.15, 0.2) is 36.5 Å². The Balaban J connectivity index is 1.39. The molecule has 7 nitrogen and oxygen atoms in total. The Bertz CT molecular complexity index is 1180. The minimum absolute atomic E-state index is 0.201. The molecule has 7 heteroatoms. The number of nitrogens with zero attached hydrogens (tertiary/aromatic N) is 2. The van der Waals surface area contributed by atoms with Crippen molar-refractivity contribution in [1.82, 2.24) is 14.9 Å². The molecule has 1 N–H and O–H groups in total. The number of hydrogen-bond donors (Lipinski definition) is 1. The van der Waals surface area contributed by atoms with Crippen LogP contribution in [-0.2, 0) is 19.1 Å². The number of amides is 2. The highest BCUT2D eigenvalue weighted by molar-refractivity contribution is 6.08. The van der Waals surface area contributed by atoms with E-state index in [4.69, 9.17) is 9.47 Å². The molecule has 1 atom stereocenters. The van der Waals surface area contributed by atoms with E-state index >= 15 is 0 Å². The van der Waals surface area contributed by atoms with E-state index in [1.807, 2.05) is 12.1 Å². The predicted octanol–water partition coefficient (Wildman–Crippen LogP) is 3.57. The molecule has 1 aliphatic carbocycles. The minimum atomic E-state index is -0.404. The van der Waals surface area contributed by atoms with E-state index < -0.39 is 6.04 Å². The summed E-state index contributed by atoms with van der Waals surface area (Å²) in [4.78, 5) is 28.9. The molecule has 31 heavy (non-hydrogen) atoms. The standard InChI is InChI=1S/C24H25N3O4/c28-21-6-5-20(23(29)26-21)27-18-4-3-16(14-17(18)22-19(27)2-1-11-25-22)15-7-9-24(10-8-15)30-12-13-31-24/h1-4,11,14-15,20H,5-10,12-13H2,(H,26,28,29). The smallest absolute Gasteiger partial charge is 0.249 e. The van der Waals surface area contributed by atoms with Gasteiger partial charge in [-0.15, -0.1) is 0 Å². The van der Waals surface area contributed by atoms with Gasteiger partial charge in [-0.05, 0) is 55.0 Å². The van der Waals surface area contributed by atoms with Crippen LogP contribution in [0.2, 0.25) is 0 Å². The van der Waals surface area contributed by atoms with E-state index in [1.165, 1.54) is 5.56 Å². The van der Waals surface area contributed by atoms with Crippen LogP contribution in [0.3, 0.4) is 0 Å². The number of nitrogens with one attached hydrogen (secondary N) is 1. The molecule has 6 rings (SSSR count). The molecule has 1 saturated carbocycles. The van der Waals surface area contributed by atoms with Crippen molar-refractivity contribution in [1.29, 1.82) is 0 Å². The number of piperidine rings is 1. The molecule has 4 heterocycles. The lowest BCUT2D eigenvalue weighted by Crippen LogP contribution is -2.41. The number of ether oxygens (including phenoxy) is 2. The molecule has 2 aliphatic heterocycles. The Morgan fingerprint density at radius 1 is 1.03 bits per heavy atom. The number of carbonyl (C=O) groups excluding carboxylic acids is 2. The second kappa shape index (κ2) is 7.14. The second-order valence-corrected chi connectivity index (χ2v) is 8.87. The molecule has 3 aliphatic rings. The summed E-state index contributed by atoms with van der Waals surface area (Å²) in [6.45, 7) is 1.39. The fourth-order valence-corrected chi connectivity index (χ4v) is 5.58. The van der Waals surface area contributed by atoms with E-state index in [0.29, 0.717) is 32.0 Å². The summed E-state index contributed by atoms with van der Waals surface area (Å²) < 4.78 is 13.8. The van der Waals surface area contributed by atoms with Gasteiger partial charge in [0.05, 0.1) is 29.8 Å².